The predicted molar refractivity (Wildman–Crippen MR) is 71.9 cm³/mol. The topological polar surface area (TPSA) is 43.8 Å². The van der Waals surface area contributed by atoms with E-state index in [0.29, 0.717) is 0 Å². The summed E-state index contributed by atoms with van der Waals surface area (Å²) < 4.78 is 14.9. The number of aryl methyl sites for hydroxylation is 1. The van der Waals surface area contributed by atoms with Crippen molar-refractivity contribution in [2.45, 2.75) is 23.1 Å². The van der Waals surface area contributed by atoms with E-state index in [4.69, 9.17) is 5.73 Å². The van der Waals surface area contributed by atoms with E-state index in [1.165, 1.54) is 12.1 Å². The molecule has 2 aromatic rings. The Morgan fingerprint density at radius 2 is 2.22 bits per heavy atom. The van der Waals surface area contributed by atoms with Crippen LogP contribution in [0.3, 0.4) is 0 Å². The molecule has 0 saturated carbocycles. The quantitative estimate of drug-likeness (QED) is 0.864. The molecule has 0 amide bonds. The zero-order chi connectivity index (χ0) is 13.1. The van der Waals surface area contributed by atoms with Crippen molar-refractivity contribution < 1.29 is 4.39 Å². The third-order valence-electron chi connectivity index (χ3n) is 2.59. The minimum Gasteiger partial charge on any atom is -0.327 e. The standard InChI is InChI=1S/C13H16FN3S/c1-9(15)13(10-7-16-17(2)8-10)18-12-5-3-4-11(14)6-12/h3-9,13H,15H2,1-2H3. The van der Waals surface area contributed by atoms with Crippen molar-refractivity contribution >= 4 is 11.8 Å². The predicted octanol–water partition coefficient (Wildman–Crippen LogP) is 2.74. The first-order valence-electron chi connectivity index (χ1n) is 5.72. The molecular weight excluding hydrogens is 249 g/mol. The Kier molecular flexibility index (Phi) is 4.04. The van der Waals surface area contributed by atoms with Crippen molar-refractivity contribution in [2.75, 3.05) is 0 Å². The number of rotatable bonds is 4. The van der Waals surface area contributed by atoms with E-state index in [2.05, 4.69) is 5.10 Å². The van der Waals surface area contributed by atoms with Crippen LogP contribution in [0.5, 0.6) is 0 Å². The molecule has 2 atom stereocenters. The number of nitrogens with zero attached hydrogens (tertiary/aromatic N) is 2. The molecule has 2 N–H and O–H groups in total. The van der Waals surface area contributed by atoms with Crippen molar-refractivity contribution in [1.82, 2.24) is 9.78 Å². The van der Waals surface area contributed by atoms with Crippen LogP contribution in [0.25, 0.3) is 0 Å². The number of benzene rings is 1. The van der Waals surface area contributed by atoms with Gasteiger partial charge in [-0.2, -0.15) is 5.10 Å². The SMILES string of the molecule is CC(N)C(Sc1cccc(F)c1)c1cnn(C)c1. The average Bonchev–Trinajstić information content (AvgIpc) is 2.72. The number of hydrogen-bond acceptors (Lipinski definition) is 3. The number of nitrogens with two attached hydrogens (primary N) is 1. The summed E-state index contributed by atoms with van der Waals surface area (Å²) in [5, 5.41) is 4.22. The van der Waals surface area contributed by atoms with Gasteiger partial charge >= 0.3 is 0 Å². The van der Waals surface area contributed by atoms with E-state index in [1.807, 2.05) is 26.2 Å². The van der Waals surface area contributed by atoms with Crippen LogP contribution in [0.4, 0.5) is 4.39 Å². The Labute approximate surface area is 110 Å². The van der Waals surface area contributed by atoms with Crippen molar-refractivity contribution in [3.8, 4) is 0 Å². The van der Waals surface area contributed by atoms with Crippen LogP contribution in [-0.4, -0.2) is 15.8 Å². The molecule has 3 nitrogen and oxygen atoms in total. The molecule has 18 heavy (non-hydrogen) atoms. The van der Waals surface area contributed by atoms with E-state index >= 15 is 0 Å². The Hall–Kier alpha value is -1.33. The smallest absolute Gasteiger partial charge is 0.124 e. The Balaban J connectivity index is 2.22. The maximum absolute atomic E-state index is 13.2. The molecule has 0 aliphatic rings. The minimum atomic E-state index is -0.227. The van der Waals surface area contributed by atoms with Gasteiger partial charge in [0.2, 0.25) is 0 Å². The second kappa shape index (κ2) is 5.54. The Morgan fingerprint density at radius 3 is 2.78 bits per heavy atom. The molecule has 0 spiro atoms. The van der Waals surface area contributed by atoms with Gasteiger partial charge in [-0.05, 0) is 25.1 Å². The lowest BCUT2D eigenvalue weighted by atomic mass is 10.1. The van der Waals surface area contributed by atoms with Crippen LogP contribution in [-0.2, 0) is 7.05 Å². The van der Waals surface area contributed by atoms with Gasteiger partial charge in [0.15, 0.2) is 0 Å². The lowest BCUT2D eigenvalue weighted by Crippen LogP contribution is -2.22. The molecule has 0 aliphatic carbocycles. The van der Waals surface area contributed by atoms with Crippen LogP contribution in [0.2, 0.25) is 0 Å². The lowest BCUT2D eigenvalue weighted by molar-refractivity contribution is 0.624. The van der Waals surface area contributed by atoms with Gasteiger partial charge in [0.25, 0.3) is 0 Å². The molecule has 0 fully saturated rings. The van der Waals surface area contributed by atoms with Gasteiger partial charge in [-0.25, -0.2) is 4.39 Å². The fourth-order valence-electron chi connectivity index (χ4n) is 1.75. The summed E-state index contributed by atoms with van der Waals surface area (Å²) in [6.45, 7) is 1.95. The van der Waals surface area contributed by atoms with E-state index in [0.717, 1.165) is 10.5 Å². The fourth-order valence-corrected chi connectivity index (χ4v) is 2.86. The maximum Gasteiger partial charge on any atom is 0.124 e. The van der Waals surface area contributed by atoms with Crippen molar-refractivity contribution in [3.05, 3.63) is 48.0 Å². The van der Waals surface area contributed by atoms with Crippen molar-refractivity contribution in [2.24, 2.45) is 12.8 Å². The molecular formula is C13H16FN3S. The Morgan fingerprint density at radius 1 is 1.44 bits per heavy atom. The molecule has 96 valence electrons. The van der Waals surface area contributed by atoms with E-state index < -0.39 is 0 Å². The third kappa shape index (κ3) is 3.11. The van der Waals surface area contributed by atoms with Crippen LogP contribution in [0.1, 0.15) is 17.7 Å². The van der Waals surface area contributed by atoms with Crippen LogP contribution >= 0.6 is 11.8 Å². The van der Waals surface area contributed by atoms with Gasteiger partial charge in [-0.15, -0.1) is 11.8 Å². The zero-order valence-electron chi connectivity index (χ0n) is 10.4. The second-order valence-electron chi connectivity index (χ2n) is 4.30. The molecule has 2 unspecified atom stereocenters. The van der Waals surface area contributed by atoms with Gasteiger partial charge in [0, 0.05) is 29.7 Å². The minimum absolute atomic E-state index is 0.0394. The van der Waals surface area contributed by atoms with Gasteiger partial charge in [0.05, 0.1) is 11.4 Å². The Bertz CT molecular complexity index is 524. The van der Waals surface area contributed by atoms with E-state index in [1.54, 1.807) is 28.7 Å². The summed E-state index contributed by atoms with van der Waals surface area (Å²) in [4.78, 5) is 0.876. The fraction of sp³-hybridized carbons (Fsp3) is 0.308. The summed E-state index contributed by atoms with van der Waals surface area (Å²) in [5.41, 5.74) is 7.07. The van der Waals surface area contributed by atoms with Crippen LogP contribution in [0, 0.1) is 5.82 Å². The highest BCUT2D eigenvalue weighted by Gasteiger charge is 2.19. The molecule has 5 heteroatoms. The first-order chi connectivity index (χ1) is 8.56. The highest BCUT2D eigenvalue weighted by molar-refractivity contribution is 7.99. The van der Waals surface area contributed by atoms with E-state index in [9.17, 15) is 4.39 Å². The second-order valence-corrected chi connectivity index (χ2v) is 5.52. The lowest BCUT2D eigenvalue weighted by Gasteiger charge is -2.18. The summed E-state index contributed by atoms with van der Waals surface area (Å²) in [7, 11) is 1.87. The normalized spacial score (nSPS) is 14.4. The first kappa shape index (κ1) is 13.1. The van der Waals surface area contributed by atoms with Crippen LogP contribution in [0.15, 0.2) is 41.6 Å². The molecule has 1 heterocycles. The van der Waals surface area contributed by atoms with Crippen LogP contribution < -0.4 is 5.73 Å². The molecule has 0 saturated heterocycles. The third-order valence-corrected chi connectivity index (χ3v) is 4.07. The van der Waals surface area contributed by atoms with Gasteiger partial charge in [-0.3, -0.25) is 4.68 Å². The largest absolute Gasteiger partial charge is 0.327 e. The van der Waals surface area contributed by atoms with Crippen molar-refractivity contribution in [3.63, 3.8) is 0 Å². The molecule has 2 rings (SSSR count). The molecule has 0 bridgehead atoms. The highest BCUT2D eigenvalue weighted by atomic mass is 32.2. The number of hydrogen-bond donors (Lipinski definition) is 1. The first-order valence-corrected chi connectivity index (χ1v) is 6.60. The monoisotopic (exact) mass is 265 g/mol. The molecule has 0 aliphatic heterocycles. The summed E-state index contributed by atoms with van der Waals surface area (Å²) in [6, 6.07) is 6.52. The number of halogens is 1. The maximum atomic E-state index is 13.2. The molecule has 1 aromatic heterocycles. The number of thioether (sulfide) groups is 1. The number of aromatic nitrogens is 2. The summed E-state index contributed by atoms with van der Waals surface area (Å²) >= 11 is 1.56. The summed E-state index contributed by atoms with van der Waals surface area (Å²) in [6.07, 6.45) is 3.75. The van der Waals surface area contributed by atoms with E-state index in [-0.39, 0.29) is 17.1 Å². The zero-order valence-corrected chi connectivity index (χ0v) is 11.2. The average molecular weight is 265 g/mol. The highest BCUT2D eigenvalue weighted by Crippen LogP contribution is 2.36. The van der Waals surface area contributed by atoms with Crippen molar-refractivity contribution in [1.29, 1.82) is 0 Å². The van der Waals surface area contributed by atoms with Gasteiger partial charge < -0.3 is 5.73 Å². The molecule has 0 radical (unpaired) electrons. The van der Waals surface area contributed by atoms with Gasteiger partial charge in [0.1, 0.15) is 5.82 Å². The summed E-state index contributed by atoms with van der Waals surface area (Å²) in [5.74, 6) is -0.227. The molecule has 1 aromatic carbocycles. The van der Waals surface area contributed by atoms with Gasteiger partial charge in [-0.1, -0.05) is 6.07 Å².